The van der Waals surface area contributed by atoms with Gasteiger partial charge in [-0.15, -0.1) is 0 Å². The number of piperidine rings is 1. The summed E-state index contributed by atoms with van der Waals surface area (Å²) in [4.78, 5) is 45.1. The Morgan fingerprint density at radius 1 is 1.15 bits per heavy atom. The first kappa shape index (κ1) is 23.3. The number of carbonyl (C=O) groups is 2. The minimum absolute atomic E-state index is 0.0329. The average Bonchev–Trinajstić information content (AvgIpc) is 2.83. The number of carbonyl (C=O) groups excluding carboxylic acids is 2. The van der Waals surface area contributed by atoms with Crippen molar-refractivity contribution in [2.24, 2.45) is 0 Å². The fourth-order valence-corrected chi connectivity index (χ4v) is 5.09. The van der Waals surface area contributed by atoms with Gasteiger partial charge in [0.25, 0.3) is 5.56 Å². The Hall–Kier alpha value is -2.84. The maximum absolute atomic E-state index is 13.4. The van der Waals surface area contributed by atoms with Gasteiger partial charge in [-0.3, -0.25) is 14.2 Å². The van der Waals surface area contributed by atoms with Gasteiger partial charge in [0, 0.05) is 6.54 Å². The number of likely N-dealkylation sites (tertiary alicyclic amines) is 1. The number of benzene rings is 2. The number of fused-ring (bicyclic) bond motifs is 1. The topological polar surface area (TPSA) is 81.5 Å². The quantitative estimate of drug-likeness (QED) is 0.297. The number of ether oxygens (including phenoxy) is 1. The highest BCUT2D eigenvalue weighted by atomic mass is 35.5. The average molecular weight is 486 g/mol. The van der Waals surface area contributed by atoms with Crippen molar-refractivity contribution < 1.29 is 14.3 Å². The zero-order valence-electron chi connectivity index (χ0n) is 18.2. The molecule has 1 aliphatic rings. The van der Waals surface area contributed by atoms with Crippen LogP contribution in [0, 0.1) is 0 Å². The molecule has 1 saturated heterocycles. The van der Waals surface area contributed by atoms with E-state index in [1.54, 1.807) is 54.3 Å². The third-order valence-electron chi connectivity index (χ3n) is 5.54. The van der Waals surface area contributed by atoms with E-state index in [-0.39, 0.29) is 29.8 Å². The van der Waals surface area contributed by atoms with Crippen molar-refractivity contribution in [3.63, 3.8) is 0 Å². The molecule has 1 amide bonds. The Morgan fingerprint density at radius 3 is 2.70 bits per heavy atom. The zero-order chi connectivity index (χ0) is 23.4. The first-order chi connectivity index (χ1) is 16.0. The van der Waals surface area contributed by atoms with Crippen LogP contribution in [-0.2, 0) is 14.3 Å². The van der Waals surface area contributed by atoms with Gasteiger partial charge in [-0.1, -0.05) is 47.6 Å². The van der Waals surface area contributed by atoms with Crippen LogP contribution in [0.2, 0.25) is 5.02 Å². The first-order valence-electron chi connectivity index (χ1n) is 10.9. The molecule has 33 heavy (non-hydrogen) atoms. The predicted octanol–water partition coefficient (Wildman–Crippen LogP) is 4.08. The van der Waals surface area contributed by atoms with Gasteiger partial charge in [0.05, 0.1) is 34.0 Å². The van der Waals surface area contributed by atoms with Crippen LogP contribution in [0.1, 0.15) is 26.2 Å². The van der Waals surface area contributed by atoms with Crippen molar-refractivity contribution in [1.82, 2.24) is 14.5 Å². The van der Waals surface area contributed by atoms with Crippen LogP contribution in [0.25, 0.3) is 16.6 Å². The van der Waals surface area contributed by atoms with Crippen molar-refractivity contribution in [2.45, 2.75) is 37.4 Å². The Labute approximate surface area is 200 Å². The van der Waals surface area contributed by atoms with E-state index in [1.165, 1.54) is 4.57 Å². The van der Waals surface area contributed by atoms with Crippen LogP contribution in [0.3, 0.4) is 0 Å². The first-order valence-corrected chi connectivity index (χ1v) is 12.2. The summed E-state index contributed by atoms with van der Waals surface area (Å²) >= 11 is 7.56. The minimum Gasteiger partial charge on any atom is -0.464 e. The monoisotopic (exact) mass is 485 g/mol. The summed E-state index contributed by atoms with van der Waals surface area (Å²) < 4.78 is 6.61. The van der Waals surface area contributed by atoms with E-state index in [9.17, 15) is 14.4 Å². The van der Waals surface area contributed by atoms with Crippen LogP contribution in [-0.4, -0.2) is 51.3 Å². The van der Waals surface area contributed by atoms with Crippen LogP contribution >= 0.6 is 23.4 Å². The summed E-state index contributed by atoms with van der Waals surface area (Å²) in [5, 5.41) is 1.24. The van der Waals surface area contributed by atoms with Crippen molar-refractivity contribution in [2.75, 3.05) is 18.9 Å². The van der Waals surface area contributed by atoms with Crippen molar-refractivity contribution in [3.05, 3.63) is 63.9 Å². The highest BCUT2D eigenvalue weighted by Gasteiger charge is 2.33. The normalized spacial score (nSPS) is 16.1. The summed E-state index contributed by atoms with van der Waals surface area (Å²) in [6.07, 6.45) is 2.30. The van der Waals surface area contributed by atoms with Gasteiger partial charge in [0.1, 0.15) is 6.04 Å². The molecule has 0 saturated carbocycles. The van der Waals surface area contributed by atoms with Gasteiger partial charge in [-0.2, -0.15) is 0 Å². The molecule has 0 aliphatic carbocycles. The molecule has 2 heterocycles. The minimum atomic E-state index is -0.567. The van der Waals surface area contributed by atoms with E-state index in [2.05, 4.69) is 4.98 Å². The molecule has 2 aromatic carbocycles. The highest BCUT2D eigenvalue weighted by molar-refractivity contribution is 7.99. The summed E-state index contributed by atoms with van der Waals surface area (Å²) in [5.41, 5.74) is 0.786. The molecular weight excluding hydrogens is 462 g/mol. The van der Waals surface area contributed by atoms with E-state index in [4.69, 9.17) is 16.3 Å². The number of hydrogen-bond donors (Lipinski definition) is 0. The van der Waals surface area contributed by atoms with Crippen LogP contribution in [0.15, 0.2) is 58.5 Å². The Balaban J connectivity index is 1.66. The summed E-state index contributed by atoms with van der Waals surface area (Å²) in [7, 11) is 0. The molecule has 172 valence electrons. The number of nitrogens with zero attached hydrogens (tertiary/aromatic N) is 3. The second-order valence-corrected chi connectivity index (χ2v) is 8.99. The summed E-state index contributed by atoms with van der Waals surface area (Å²) in [6, 6.07) is 13.5. The fraction of sp³-hybridized carbons (Fsp3) is 0.333. The second-order valence-electron chi connectivity index (χ2n) is 7.64. The van der Waals surface area contributed by atoms with Crippen LogP contribution in [0.4, 0.5) is 0 Å². The van der Waals surface area contributed by atoms with E-state index in [1.807, 2.05) is 6.07 Å². The van der Waals surface area contributed by atoms with E-state index in [0.717, 1.165) is 24.6 Å². The lowest BCUT2D eigenvalue weighted by Crippen LogP contribution is -2.49. The number of esters is 1. The molecule has 0 spiro atoms. The highest BCUT2D eigenvalue weighted by Crippen LogP contribution is 2.27. The molecule has 3 aromatic rings. The lowest BCUT2D eigenvalue weighted by Gasteiger charge is -2.34. The molecule has 0 bridgehead atoms. The molecular formula is C24H24ClN3O4S. The van der Waals surface area contributed by atoms with Crippen molar-refractivity contribution in [3.8, 4) is 5.69 Å². The fourth-order valence-electron chi connectivity index (χ4n) is 3.98. The van der Waals surface area contributed by atoms with Crippen LogP contribution in [0.5, 0.6) is 0 Å². The molecule has 0 radical (unpaired) electrons. The van der Waals surface area contributed by atoms with Gasteiger partial charge < -0.3 is 9.64 Å². The van der Waals surface area contributed by atoms with Gasteiger partial charge in [0.15, 0.2) is 5.16 Å². The second kappa shape index (κ2) is 10.4. The summed E-state index contributed by atoms with van der Waals surface area (Å²) in [5.74, 6) is -0.524. The Morgan fingerprint density at radius 2 is 1.91 bits per heavy atom. The molecule has 0 N–H and O–H groups in total. The van der Waals surface area contributed by atoms with Crippen molar-refractivity contribution >= 4 is 46.1 Å². The standard InChI is InChI=1S/C24H24ClN3O4S/c1-2-32-23(31)20-13-7-8-14-27(20)21(29)15-33-24-26-18-11-5-3-9-16(18)22(30)28(24)19-12-6-4-10-17(19)25/h3-6,9-12,20H,2,7-8,13-15H2,1H3/t20-/m1/s1. The largest absolute Gasteiger partial charge is 0.464 e. The predicted molar refractivity (Wildman–Crippen MR) is 129 cm³/mol. The maximum Gasteiger partial charge on any atom is 0.328 e. The van der Waals surface area contributed by atoms with Crippen molar-refractivity contribution in [1.29, 1.82) is 0 Å². The van der Waals surface area contributed by atoms with E-state index in [0.29, 0.717) is 39.7 Å². The molecule has 4 rings (SSSR count). The molecule has 1 fully saturated rings. The number of hydrogen-bond acceptors (Lipinski definition) is 6. The number of rotatable bonds is 6. The number of amides is 1. The summed E-state index contributed by atoms with van der Waals surface area (Å²) in [6.45, 7) is 2.53. The van der Waals surface area contributed by atoms with E-state index >= 15 is 0 Å². The number of aromatic nitrogens is 2. The van der Waals surface area contributed by atoms with Gasteiger partial charge >= 0.3 is 5.97 Å². The van der Waals surface area contributed by atoms with Gasteiger partial charge in [-0.25, -0.2) is 9.78 Å². The zero-order valence-corrected chi connectivity index (χ0v) is 19.8. The lowest BCUT2D eigenvalue weighted by molar-refractivity contribution is -0.155. The molecule has 9 heteroatoms. The molecule has 7 nitrogen and oxygen atoms in total. The molecule has 1 aromatic heterocycles. The van der Waals surface area contributed by atoms with Gasteiger partial charge in [0.2, 0.25) is 5.91 Å². The molecule has 1 atom stereocenters. The Bertz CT molecular complexity index is 1250. The van der Waals surface area contributed by atoms with E-state index < -0.39 is 6.04 Å². The number of para-hydroxylation sites is 2. The van der Waals surface area contributed by atoms with Gasteiger partial charge in [-0.05, 0) is 50.5 Å². The Kier molecular flexibility index (Phi) is 7.35. The SMILES string of the molecule is CCOC(=O)[C@H]1CCCCN1C(=O)CSc1nc2ccccc2c(=O)n1-c1ccccc1Cl. The third kappa shape index (κ3) is 4.91. The third-order valence-corrected chi connectivity index (χ3v) is 6.79. The lowest BCUT2D eigenvalue weighted by atomic mass is 10.0. The maximum atomic E-state index is 13.4. The number of thioether (sulfide) groups is 1. The van der Waals surface area contributed by atoms with Crippen LogP contribution < -0.4 is 5.56 Å². The number of halogens is 1. The molecule has 0 unspecified atom stereocenters. The smallest absolute Gasteiger partial charge is 0.328 e. The molecule has 1 aliphatic heterocycles.